The van der Waals surface area contributed by atoms with Gasteiger partial charge < -0.3 is 5.32 Å². The van der Waals surface area contributed by atoms with Crippen LogP contribution in [0.25, 0.3) is 21.6 Å². The molecular weight excluding hydrogens is 320 g/mol. The first-order valence-corrected chi connectivity index (χ1v) is 9.26. The quantitative estimate of drug-likeness (QED) is 0.770. The van der Waals surface area contributed by atoms with Crippen LogP contribution in [0, 0.1) is 5.92 Å². The molecule has 1 N–H and O–H groups in total. The minimum absolute atomic E-state index is 0.0322. The zero-order valence-electron chi connectivity index (χ0n) is 13.8. The average Bonchev–Trinajstić information content (AvgIpc) is 3.14. The number of thiophene rings is 1. The molecule has 0 aromatic carbocycles. The van der Waals surface area contributed by atoms with Crippen LogP contribution in [-0.4, -0.2) is 26.7 Å². The number of carbonyl (C=O) groups is 1. The molecule has 0 saturated heterocycles. The molecule has 1 saturated carbocycles. The van der Waals surface area contributed by atoms with E-state index in [0.29, 0.717) is 11.5 Å². The number of nitrogens with one attached hydrogen (secondary N) is 1. The Bertz CT molecular complexity index is 880. The van der Waals surface area contributed by atoms with Crippen LogP contribution in [0.5, 0.6) is 0 Å². The molecule has 5 nitrogen and oxygen atoms in total. The zero-order chi connectivity index (χ0) is 16.7. The predicted octanol–water partition coefficient (Wildman–Crippen LogP) is 3.71. The number of hydrogen-bond donors (Lipinski definition) is 1. The Labute approximate surface area is 144 Å². The van der Waals surface area contributed by atoms with Crippen LogP contribution >= 0.6 is 11.3 Å². The molecule has 0 bridgehead atoms. The second-order valence-electron chi connectivity index (χ2n) is 6.33. The molecule has 1 amide bonds. The molecule has 1 fully saturated rings. The second kappa shape index (κ2) is 6.02. The number of pyridine rings is 1. The van der Waals surface area contributed by atoms with E-state index >= 15 is 0 Å². The molecule has 24 heavy (non-hydrogen) atoms. The van der Waals surface area contributed by atoms with Crippen molar-refractivity contribution in [3.05, 3.63) is 35.3 Å². The lowest BCUT2D eigenvalue weighted by molar-refractivity contribution is 0.0937. The zero-order valence-corrected chi connectivity index (χ0v) is 14.6. The molecule has 3 heterocycles. The van der Waals surface area contributed by atoms with Gasteiger partial charge in [0.1, 0.15) is 0 Å². The summed E-state index contributed by atoms with van der Waals surface area (Å²) >= 11 is 1.63. The summed E-state index contributed by atoms with van der Waals surface area (Å²) in [5.41, 5.74) is 2.26. The molecule has 0 radical (unpaired) electrons. The number of fused-ring (bicyclic) bond motifs is 1. The molecule has 1 aliphatic carbocycles. The molecule has 6 heteroatoms. The van der Waals surface area contributed by atoms with Gasteiger partial charge in [0.05, 0.1) is 27.7 Å². The van der Waals surface area contributed by atoms with Crippen LogP contribution < -0.4 is 5.32 Å². The number of aromatic nitrogens is 3. The fourth-order valence-corrected chi connectivity index (χ4v) is 3.70. The van der Waals surface area contributed by atoms with Gasteiger partial charge in [-0.1, -0.05) is 6.07 Å². The largest absolute Gasteiger partial charge is 0.349 e. The van der Waals surface area contributed by atoms with E-state index in [1.807, 2.05) is 35.2 Å². The lowest BCUT2D eigenvalue weighted by Gasteiger charge is -2.14. The first kappa shape index (κ1) is 15.3. The molecule has 4 rings (SSSR count). The molecule has 1 aliphatic rings. The molecule has 0 aliphatic heterocycles. The summed E-state index contributed by atoms with van der Waals surface area (Å²) in [7, 11) is 0. The van der Waals surface area contributed by atoms with Gasteiger partial charge in [-0.15, -0.1) is 11.3 Å². The van der Waals surface area contributed by atoms with Crippen LogP contribution in [-0.2, 0) is 6.54 Å². The van der Waals surface area contributed by atoms with Gasteiger partial charge in [-0.25, -0.2) is 9.67 Å². The monoisotopic (exact) mass is 340 g/mol. The second-order valence-corrected chi connectivity index (χ2v) is 7.28. The smallest absolute Gasteiger partial charge is 0.252 e. The minimum Gasteiger partial charge on any atom is -0.349 e. The lowest BCUT2D eigenvalue weighted by atomic mass is 10.1. The highest BCUT2D eigenvalue weighted by molar-refractivity contribution is 7.13. The van der Waals surface area contributed by atoms with Crippen LogP contribution in [0.1, 0.15) is 37.0 Å². The third kappa shape index (κ3) is 2.71. The lowest BCUT2D eigenvalue weighted by Crippen LogP contribution is -2.34. The number of rotatable bonds is 5. The van der Waals surface area contributed by atoms with E-state index in [1.54, 1.807) is 17.5 Å². The predicted molar refractivity (Wildman–Crippen MR) is 96.2 cm³/mol. The van der Waals surface area contributed by atoms with Crippen molar-refractivity contribution in [2.75, 3.05) is 0 Å². The third-order valence-corrected chi connectivity index (χ3v) is 5.51. The Kier molecular flexibility index (Phi) is 3.84. The fourth-order valence-electron chi connectivity index (χ4n) is 3.02. The summed E-state index contributed by atoms with van der Waals surface area (Å²) in [6.07, 6.45) is 4.17. The number of carbonyl (C=O) groups excluding carboxylic acids is 1. The Morgan fingerprint density at radius 3 is 3.00 bits per heavy atom. The normalized spacial score (nSPS) is 15.6. The number of aryl methyl sites for hydroxylation is 1. The van der Waals surface area contributed by atoms with Crippen molar-refractivity contribution >= 4 is 28.3 Å². The standard InChI is InChI=1S/C18H20N4OS/c1-3-22-17-14(10-19-22)13(18(23)20-11(2)12-6-7-12)9-15(21-17)16-5-4-8-24-16/h4-5,8-12H,3,6-7H2,1-2H3,(H,20,23). The highest BCUT2D eigenvalue weighted by atomic mass is 32.1. The van der Waals surface area contributed by atoms with E-state index in [4.69, 9.17) is 4.98 Å². The van der Waals surface area contributed by atoms with Gasteiger partial charge in [0.25, 0.3) is 5.91 Å². The third-order valence-electron chi connectivity index (χ3n) is 4.61. The van der Waals surface area contributed by atoms with Crippen molar-refractivity contribution in [1.29, 1.82) is 0 Å². The summed E-state index contributed by atoms with van der Waals surface area (Å²) in [4.78, 5) is 18.7. The SMILES string of the molecule is CCn1ncc2c(C(=O)NC(C)C3CC3)cc(-c3cccs3)nc21. The van der Waals surface area contributed by atoms with Crippen molar-refractivity contribution in [3.8, 4) is 10.6 Å². The van der Waals surface area contributed by atoms with Crippen LogP contribution in [0.3, 0.4) is 0 Å². The van der Waals surface area contributed by atoms with E-state index in [0.717, 1.165) is 28.1 Å². The first-order chi connectivity index (χ1) is 11.7. The van der Waals surface area contributed by atoms with Gasteiger partial charge in [-0.2, -0.15) is 5.10 Å². The summed E-state index contributed by atoms with van der Waals surface area (Å²) in [5.74, 6) is 0.594. The molecule has 3 aromatic heterocycles. The van der Waals surface area contributed by atoms with E-state index in [2.05, 4.69) is 17.3 Å². The van der Waals surface area contributed by atoms with Gasteiger partial charge in [0, 0.05) is 12.6 Å². The molecule has 3 aromatic rings. The minimum atomic E-state index is -0.0322. The summed E-state index contributed by atoms with van der Waals surface area (Å²) in [6.45, 7) is 4.84. The maximum atomic E-state index is 12.8. The highest BCUT2D eigenvalue weighted by Crippen LogP contribution is 2.33. The molecule has 0 spiro atoms. The Balaban J connectivity index is 1.80. The Morgan fingerprint density at radius 2 is 2.33 bits per heavy atom. The maximum Gasteiger partial charge on any atom is 0.252 e. The van der Waals surface area contributed by atoms with Gasteiger partial charge >= 0.3 is 0 Å². The first-order valence-electron chi connectivity index (χ1n) is 8.38. The van der Waals surface area contributed by atoms with Gasteiger partial charge in [-0.05, 0) is 50.1 Å². The summed E-state index contributed by atoms with van der Waals surface area (Å²) in [5, 5.41) is 10.4. The van der Waals surface area contributed by atoms with Crippen LogP contribution in [0.15, 0.2) is 29.8 Å². The molecule has 1 unspecified atom stereocenters. The topological polar surface area (TPSA) is 59.8 Å². The highest BCUT2D eigenvalue weighted by Gasteiger charge is 2.29. The molecule has 1 atom stereocenters. The average molecular weight is 340 g/mol. The van der Waals surface area contributed by atoms with Crippen molar-refractivity contribution in [3.63, 3.8) is 0 Å². The van der Waals surface area contributed by atoms with Crippen molar-refractivity contribution < 1.29 is 4.79 Å². The number of hydrogen-bond acceptors (Lipinski definition) is 4. The Morgan fingerprint density at radius 1 is 1.50 bits per heavy atom. The Hall–Kier alpha value is -2.21. The number of nitrogens with zero attached hydrogens (tertiary/aromatic N) is 3. The van der Waals surface area contributed by atoms with Crippen molar-refractivity contribution in [1.82, 2.24) is 20.1 Å². The molecule has 124 valence electrons. The maximum absolute atomic E-state index is 12.8. The van der Waals surface area contributed by atoms with Crippen molar-refractivity contribution in [2.24, 2.45) is 5.92 Å². The van der Waals surface area contributed by atoms with Crippen LogP contribution in [0.4, 0.5) is 0 Å². The summed E-state index contributed by atoms with van der Waals surface area (Å²) < 4.78 is 1.84. The van der Waals surface area contributed by atoms with Crippen LogP contribution in [0.2, 0.25) is 0 Å². The van der Waals surface area contributed by atoms with Gasteiger partial charge in [0.15, 0.2) is 5.65 Å². The molecular formula is C18H20N4OS. The van der Waals surface area contributed by atoms with Gasteiger partial charge in [-0.3, -0.25) is 4.79 Å². The fraction of sp³-hybridized carbons (Fsp3) is 0.389. The van der Waals surface area contributed by atoms with E-state index in [9.17, 15) is 4.79 Å². The van der Waals surface area contributed by atoms with E-state index in [-0.39, 0.29) is 11.9 Å². The van der Waals surface area contributed by atoms with Gasteiger partial charge in [0.2, 0.25) is 0 Å². The van der Waals surface area contributed by atoms with Crippen molar-refractivity contribution in [2.45, 2.75) is 39.3 Å². The number of amides is 1. The van der Waals surface area contributed by atoms with E-state index < -0.39 is 0 Å². The summed E-state index contributed by atoms with van der Waals surface area (Å²) in [6, 6.07) is 6.13. The van der Waals surface area contributed by atoms with E-state index in [1.165, 1.54) is 12.8 Å².